The lowest BCUT2D eigenvalue weighted by Crippen LogP contribution is -2.49. The fraction of sp³-hybridized carbons (Fsp3) is 0.538. The average Bonchev–Trinajstić information content (AvgIpc) is 2.86. The molecule has 110 valence electrons. The van der Waals surface area contributed by atoms with Crippen LogP contribution in [0.25, 0.3) is 0 Å². The van der Waals surface area contributed by atoms with Gasteiger partial charge in [0.2, 0.25) is 5.91 Å². The Morgan fingerprint density at radius 3 is 2.60 bits per heavy atom. The topological polar surface area (TPSA) is 68.4 Å². The number of hydrogen-bond donors (Lipinski definition) is 2. The number of aromatic amines is 1. The van der Waals surface area contributed by atoms with Gasteiger partial charge in [-0.3, -0.25) is 14.5 Å². The molecule has 7 heteroatoms. The molecule has 20 heavy (non-hydrogen) atoms. The lowest BCUT2D eigenvalue weighted by atomic mass is 10.3. The van der Waals surface area contributed by atoms with Crippen molar-refractivity contribution in [2.45, 2.75) is 6.92 Å². The number of halogens is 1. The number of nitrogens with zero attached hydrogens (tertiary/aromatic N) is 2. The van der Waals surface area contributed by atoms with E-state index in [0.29, 0.717) is 12.2 Å². The summed E-state index contributed by atoms with van der Waals surface area (Å²) in [4.78, 5) is 30.0. The van der Waals surface area contributed by atoms with E-state index < -0.39 is 0 Å². The number of nitrogens with one attached hydrogen (secondary N) is 2. The largest absolute Gasteiger partial charge is 0.356 e. The Labute approximate surface area is 126 Å². The molecule has 0 aliphatic carbocycles. The predicted octanol–water partition coefficient (Wildman–Crippen LogP) is 0.671. The van der Waals surface area contributed by atoms with Gasteiger partial charge in [-0.05, 0) is 22.0 Å². The van der Waals surface area contributed by atoms with Gasteiger partial charge in [0.1, 0.15) is 5.69 Å². The fourth-order valence-corrected chi connectivity index (χ4v) is 2.55. The van der Waals surface area contributed by atoms with Gasteiger partial charge in [0.15, 0.2) is 0 Å². The van der Waals surface area contributed by atoms with E-state index in [1.165, 1.54) is 0 Å². The highest BCUT2D eigenvalue weighted by atomic mass is 79.9. The molecule has 0 atom stereocenters. The smallest absolute Gasteiger partial charge is 0.267 e. The highest BCUT2D eigenvalue weighted by Gasteiger charge is 2.18. The average molecular weight is 343 g/mol. The second-order valence-corrected chi connectivity index (χ2v) is 5.75. The van der Waals surface area contributed by atoms with Gasteiger partial charge in [-0.1, -0.05) is 0 Å². The van der Waals surface area contributed by atoms with E-state index in [1.807, 2.05) is 4.90 Å². The summed E-state index contributed by atoms with van der Waals surface area (Å²) in [6, 6.07) is 1.75. The van der Waals surface area contributed by atoms with Crippen LogP contribution in [0.3, 0.4) is 0 Å². The first-order valence-electron chi connectivity index (χ1n) is 6.66. The molecule has 1 fully saturated rings. The minimum absolute atomic E-state index is 0.0990. The molecule has 1 aliphatic rings. The Balaban J connectivity index is 1.67. The Kier molecular flexibility index (Phi) is 5.19. The maximum atomic E-state index is 11.8. The summed E-state index contributed by atoms with van der Waals surface area (Å²) < 4.78 is 0.864. The van der Waals surface area contributed by atoms with Crippen LogP contribution < -0.4 is 5.32 Å². The second kappa shape index (κ2) is 6.90. The molecule has 0 saturated carbocycles. The highest BCUT2D eigenvalue weighted by molar-refractivity contribution is 9.10. The van der Waals surface area contributed by atoms with Crippen LogP contribution in [0.1, 0.15) is 17.4 Å². The van der Waals surface area contributed by atoms with Crippen LogP contribution in [-0.4, -0.2) is 65.9 Å². The minimum atomic E-state index is -0.0990. The Bertz CT molecular complexity index is 480. The lowest BCUT2D eigenvalue weighted by molar-refractivity contribution is -0.130. The number of amides is 2. The summed E-state index contributed by atoms with van der Waals surface area (Å²) in [6.07, 6.45) is 1.73. The molecule has 0 spiro atoms. The SMILES string of the molecule is CC(=O)N1CCN(CCNC(=O)c2cc(Br)c[nH]2)CC1. The summed E-state index contributed by atoms with van der Waals surface area (Å²) in [5.41, 5.74) is 0.554. The predicted molar refractivity (Wildman–Crippen MR) is 79.5 cm³/mol. The summed E-state index contributed by atoms with van der Waals surface area (Å²) >= 11 is 3.30. The third kappa shape index (κ3) is 4.08. The van der Waals surface area contributed by atoms with E-state index in [1.54, 1.807) is 19.2 Å². The molecular weight excluding hydrogens is 324 g/mol. The molecule has 1 saturated heterocycles. The molecule has 0 aromatic carbocycles. The van der Waals surface area contributed by atoms with Crippen molar-refractivity contribution in [2.24, 2.45) is 0 Å². The standard InChI is InChI=1S/C13H19BrN4O2/c1-10(19)18-6-4-17(5-7-18)3-2-15-13(20)12-8-11(14)9-16-12/h8-9,16H,2-7H2,1H3,(H,15,20). The number of carbonyl (C=O) groups is 2. The molecule has 2 amide bonds. The third-order valence-corrected chi connectivity index (χ3v) is 3.88. The maximum absolute atomic E-state index is 11.8. The van der Waals surface area contributed by atoms with E-state index in [2.05, 4.69) is 31.1 Å². The van der Waals surface area contributed by atoms with Gasteiger partial charge < -0.3 is 15.2 Å². The summed E-state index contributed by atoms with van der Waals surface area (Å²) in [5, 5.41) is 2.88. The maximum Gasteiger partial charge on any atom is 0.267 e. The second-order valence-electron chi connectivity index (χ2n) is 4.84. The van der Waals surface area contributed by atoms with Crippen molar-refractivity contribution in [2.75, 3.05) is 39.3 Å². The first-order chi connectivity index (χ1) is 9.56. The molecule has 1 aliphatic heterocycles. The van der Waals surface area contributed by atoms with E-state index in [-0.39, 0.29) is 11.8 Å². The number of carbonyl (C=O) groups excluding carboxylic acids is 2. The van der Waals surface area contributed by atoms with Gasteiger partial charge in [-0.15, -0.1) is 0 Å². The summed E-state index contributed by atoms with van der Waals surface area (Å²) in [5.74, 6) is 0.0355. The zero-order valence-corrected chi connectivity index (χ0v) is 13.1. The molecule has 0 unspecified atom stereocenters. The molecule has 0 radical (unpaired) electrons. The normalized spacial score (nSPS) is 16.2. The Hall–Kier alpha value is -1.34. The molecule has 2 N–H and O–H groups in total. The molecule has 6 nitrogen and oxygen atoms in total. The van der Waals surface area contributed by atoms with Crippen LogP contribution in [0.5, 0.6) is 0 Å². The first-order valence-corrected chi connectivity index (χ1v) is 7.45. The highest BCUT2D eigenvalue weighted by Crippen LogP contribution is 2.10. The molecule has 1 aromatic rings. The van der Waals surface area contributed by atoms with Gasteiger partial charge >= 0.3 is 0 Å². The Morgan fingerprint density at radius 1 is 1.35 bits per heavy atom. The van der Waals surface area contributed by atoms with E-state index in [0.717, 1.165) is 37.2 Å². The first kappa shape index (κ1) is 15.1. The van der Waals surface area contributed by atoms with Crippen molar-refractivity contribution in [3.8, 4) is 0 Å². The van der Waals surface area contributed by atoms with E-state index >= 15 is 0 Å². The van der Waals surface area contributed by atoms with Crippen molar-refractivity contribution < 1.29 is 9.59 Å². The van der Waals surface area contributed by atoms with Gasteiger partial charge in [-0.25, -0.2) is 0 Å². The van der Waals surface area contributed by atoms with Crippen molar-refractivity contribution in [1.82, 2.24) is 20.1 Å². The summed E-state index contributed by atoms with van der Waals surface area (Å²) in [6.45, 7) is 6.28. The molecule has 2 heterocycles. The van der Waals surface area contributed by atoms with Crippen LogP contribution in [-0.2, 0) is 4.79 Å². The summed E-state index contributed by atoms with van der Waals surface area (Å²) in [7, 11) is 0. The van der Waals surface area contributed by atoms with Gasteiger partial charge in [-0.2, -0.15) is 0 Å². The van der Waals surface area contributed by atoms with Crippen molar-refractivity contribution in [1.29, 1.82) is 0 Å². The zero-order valence-electron chi connectivity index (χ0n) is 11.5. The monoisotopic (exact) mass is 342 g/mol. The van der Waals surface area contributed by atoms with Crippen molar-refractivity contribution in [3.63, 3.8) is 0 Å². The van der Waals surface area contributed by atoms with Crippen LogP contribution in [0.2, 0.25) is 0 Å². The lowest BCUT2D eigenvalue weighted by Gasteiger charge is -2.34. The molecule has 2 rings (SSSR count). The minimum Gasteiger partial charge on any atom is -0.356 e. The van der Waals surface area contributed by atoms with Crippen LogP contribution >= 0.6 is 15.9 Å². The van der Waals surface area contributed by atoms with Crippen LogP contribution in [0.15, 0.2) is 16.7 Å². The van der Waals surface area contributed by atoms with E-state index in [9.17, 15) is 9.59 Å². The van der Waals surface area contributed by atoms with Gasteiger partial charge in [0.05, 0.1) is 0 Å². The van der Waals surface area contributed by atoms with Gasteiger partial charge in [0, 0.05) is 56.9 Å². The third-order valence-electron chi connectivity index (χ3n) is 3.42. The van der Waals surface area contributed by atoms with Crippen LogP contribution in [0.4, 0.5) is 0 Å². The number of aromatic nitrogens is 1. The molecule has 1 aromatic heterocycles. The van der Waals surface area contributed by atoms with Gasteiger partial charge in [0.25, 0.3) is 5.91 Å². The van der Waals surface area contributed by atoms with Crippen LogP contribution in [0, 0.1) is 0 Å². The number of H-pyrrole nitrogens is 1. The number of rotatable bonds is 4. The van der Waals surface area contributed by atoms with E-state index in [4.69, 9.17) is 0 Å². The quantitative estimate of drug-likeness (QED) is 0.845. The molecule has 0 bridgehead atoms. The zero-order chi connectivity index (χ0) is 14.5. The van der Waals surface area contributed by atoms with Crippen molar-refractivity contribution >= 4 is 27.7 Å². The van der Waals surface area contributed by atoms with Crippen molar-refractivity contribution in [3.05, 3.63) is 22.4 Å². The number of hydrogen-bond acceptors (Lipinski definition) is 3. The Morgan fingerprint density at radius 2 is 2.05 bits per heavy atom. The molecular formula is C13H19BrN4O2. The number of piperazine rings is 1. The fourth-order valence-electron chi connectivity index (χ4n) is 2.21.